The van der Waals surface area contributed by atoms with Crippen LogP contribution in [0.1, 0.15) is 31.7 Å². The van der Waals surface area contributed by atoms with E-state index in [1.165, 1.54) is 12.7 Å². The molecule has 132 valence electrons. The van der Waals surface area contributed by atoms with Gasteiger partial charge in [-0.15, -0.1) is 0 Å². The van der Waals surface area contributed by atoms with E-state index in [4.69, 9.17) is 4.74 Å². The van der Waals surface area contributed by atoms with E-state index in [0.717, 1.165) is 25.5 Å². The number of guanidine groups is 1. The molecule has 1 saturated heterocycles. The van der Waals surface area contributed by atoms with Crippen LogP contribution in [0.3, 0.4) is 0 Å². The van der Waals surface area contributed by atoms with Gasteiger partial charge in [0.15, 0.2) is 5.96 Å². The van der Waals surface area contributed by atoms with Crippen molar-refractivity contribution in [1.29, 1.82) is 0 Å². The van der Waals surface area contributed by atoms with Gasteiger partial charge in [-0.2, -0.15) is 0 Å². The molecular weight excluding hydrogens is 302 g/mol. The van der Waals surface area contributed by atoms with Gasteiger partial charge >= 0.3 is 5.97 Å². The zero-order valence-corrected chi connectivity index (χ0v) is 15.2. The minimum atomic E-state index is -0.200. The molecule has 3 atom stereocenters. The smallest absolute Gasteiger partial charge is 0.310 e. The number of likely N-dealkylation sites (tertiary alicyclic amines) is 1. The number of ether oxygens (including phenoxy) is 1. The average molecular weight is 331 g/mol. The number of piperidine rings is 1. The van der Waals surface area contributed by atoms with Crippen molar-refractivity contribution in [2.75, 3.05) is 33.8 Å². The zero-order valence-electron chi connectivity index (χ0n) is 15.2. The normalized spacial score (nSPS) is 22.8. The molecule has 1 aromatic carbocycles. The fraction of sp³-hybridized carbons (Fsp3) is 0.579. The molecule has 1 N–H and O–H groups in total. The summed E-state index contributed by atoms with van der Waals surface area (Å²) in [7, 11) is 3.21. The number of benzene rings is 1. The summed E-state index contributed by atoms with van der Waals surface area (Å²) >= 11 is 0. The Morgan fingerprint density at radius 1 is 1.42 bits per heavy atom. The minimum absolute atomic E-state index is 0.189. The predicted octanol–water partition coefficient (Wildman–Crippen LogP) is 2.50. The molecule has 2 rings (SSSR count). The first-order chi connectivity index (χ1) is 11.6. The molecular formula is C19H29N3O2. The van der Waals surface area contributed by atoms with Crippen molar-refractivity contribution in [2.24, 2.45) is 16.8 Å². The van der Waals surface area contributed by atoms with Crippen LogP contribution in [0.2, 0.25) is 0 Å². The van der Waals surface area contributed by atoms with Gasteiger partial charge in [-0.05, 0) is 23.8 Å². The molecule has 1 aromatic rings. The Morgan fingerprint density at radius 3 is 2.71 bits per heavy atom. The van der Waals surface area contributed by atoms with Crippen LogP contribution in [0.15, 0.2) is 35.3 Å². The Kier molecular flexibility index (Phi) is 6.64. The van der Waals surface area contributed by atoms with Crippen LogP contribution in [0.4, 0.5) is 0 Å². The van der Waals surface area contributed by atoms with E-state index >= 15 is 0 Å². The molecule has 5 heteroatoms. The van der Waals surface area contributed by atoms with Crippen molar-refractivity contribution in [2.45, 2.75) is 26.2 Å². The zero-order chi connectivity index (χ0) is 17.5. The number of carbonyl (C=O) groups excluding carboxylic acids is 1. The van der Waals surface area contributed by atoms with Crippen LogP contribution < -0.4 is 5.32 Å². The maximum Gasteiger partial charge on any atom is 0.310 e. The third kappa shape index (κ3) is 4.49. The average Bonchev–Trinajstić information content (AvgIpc) is 2.62. The highest BCUT2D eigenvalue weighted by Crippen LogP contribution is 2.32. The molecule has 1 fully saturated rings. The maximum absolute atomic E-state index is 11.5. The highest BCUT2D eigenvalue weighted by Gasteiger charge is 2.28. The minimum Gasteiger partial charge on any atom is -0.469 e. The maximum atomic E-state index is 11.5. The number of hydrogen-bond donors (Lipinski definition) is 1. The number of carbonyl (C=O) groups is 1. The highest BCUT2D eigenvalue weighted by molar-refractivity contribution is 5.81. The number of aliphatic imine (C=N–C) groups is 1. The van der Waals surface area contributed by atoms with Gasteiger partial charge in [0.2, 0.25) is 0 Å². The molecule has 0 bridgehead atoms. The second kappa shape index (κ2) is 8.71. The molecule has 0 radical (unpaired) electrons. The highest BCUT2D eigenvalue weighted by atomic mass is 16.5. The molecule has 5 nitrogen and oxygen atoms in total. The van der Waals surface area contributed by atoms with Gasteiger partial charge in [0.1, 0.15) is 0 Å². The Labute approximate surface area is 145 Å². The number of esters is 1. The number of hydrogen-bond acceptors (Lipinski definition) is 3. The van der Waals surface area contributed by atoms with E-state index in [-0.39, 0.29) is 11.9 Å². The van der Waals surface area contributed by atoms with Crippen LogP contribution >= 0.6 is 0 Å². The standard InChI is InChI=1S/C19H29N3O2/c1-14(18(23)24-4)12-21-19(20-3)22-11-10-17(15(2)13-22)16-8-6-5-7-9-16/h5-9,14-15,17H,10-13H2,1-4H3,(H,20,21). The van der Waals surface area contributed by atoms with Crippen LogP contribution in [0.5, 0.6) is 0 Å². The number of nitrogens with zero attached hydrogens (tertiary/aromatic N) is 2. The second-order valence-electron chi connectivity index (χ2n) is 6.58. The topological polar surface area (TPSA) is 53.9 Å². The van der Waals surface area contributed by atoms with Crippen LogP contribution in [-0.4, -0.2) is 50.6 Å². The van der Waals surface area contributed by atoms with Crippen molar-refractivity contribution >= 4 is 11.9 Å². The molecule has 0 saturated carbocycles. The van der Waals surface area contributed by atoms with Gasteiger partial charge in [-0.3, -0.25) is 9.79 Å². The van der Waals surface area contributed by atoms with Crippen molar-refractivity contribution in [1.82, 2.24) is 10.2 Å². The van der Waals surface area contributed by atoms with Crippen molar-refractivity contribution in [3.05, 3.63) is 35.9 Å². The quantitative estimate of drug-likeness (QED) is 0.523. The Morgan fingerprint density at radius 2 is 2.12 bits per heavy atom. The number of methoxy groups -OCH3 is 1. The molecule has 0 amide bonds. The van der Waals surface area contributed by atoms with E-state index in [9.17, 15) is 4.79 Å². The Hall–Kier alpha value is -2.04. The largest absolute Gasteiger partial charge is 0.469 e. The van der Waals surface area contributed by atoms with Gasteiger partial charge < -0.3 is 15.0 Å². The molecule has 24 heavy (non-hydrogen) atoms. The predicted molar refractivity (Wildman–Crippen MR) is 97.1 cm³/mol. The van der Waals surface area contributed by atoms with Gasteiger partial charge in [0.25, 0.3) is 0 Å². The summed E-state index contributed by atoms with van der Waals surface area (Å²) in [5.41, 5.74) is 1.42. The summed E-state index contributed by atoms with van der Waals surface area (Å²) in [5.74, 6) is 1.62. The van der Waals surface area contributed by atoms with Crippen LogP contribution in [0.25, 0.3) is 0 Å². The summed E-state index contributed by atoms with van der Waals surface area (Å²) in [4.78, 5) is 18.2. The summed E-state index contributed by atoms with van der Waals surface area (Å²) in [5, 5.41) is 3.30. The van der Waals surface area contributed by atoms with Gasteiger partial charge in [-0.1, -0.05) is 44.2 Å². The van der Waals surface area contributed by atoms with Gasteiger partial charge in [-0.25, -0.2) is 0 Å². The number of rotatable bonds is 4. The first-order valence-electron chi connectivity index (χ1n) is 8.65. The third-order valence-corrected chi connectivity index (χ3v) is 4.81. The second-order valence-corrected chi connectivity index (χ2v) is 6.58. The van der Waals surface area contributed by atoms with E-state index in [2.05, 4.69) is 52.5 Å². The van der Waals surface area contributed by atoms with E-state index in [0.29, 0.717) is 18.4 Å². The SMILES string of the molecule is CN=C(NCC(C)C(=O)OC)N1CCC(c2ccccc2)C(C)C1. The lowest BCUT2D eigenvalue weighted by Crippen LogP contribution is -2.49. The first kappa shape index (κ1) is 18.3. The summed E-state index contributed by atoms with van der Waals surface area (Å²) in [6.45, 7) is 6.62. The third-order valence-electron chi connectivity index (χ3n) is 4.81. The van der Waals surface area contributed by atoms with E-state index in [1.54, 1.807) is 7.05 Å². The van der Waals surface area contributed by atoms with E-state index < -0.39 is 0 Å². The molecule has 0 aliphatic carbocycles. The van der Waals surface area contributed by atoms with Gasteiger partial charge in [0, 0.05) is 26.7 Å². The van der Waals surface area contributed by atoms with Gasteiger partial charge in [0.05, 0.1) is 13.0 Å². The van der Waals surface area contributed by atoms with Crippen LogP contribution in [0, 0.1) is 11.8 Å². The first-order valence-corrected chi connectivity index (χ1v) is 8.65. The number of nitrogens with one attached hydrogen (secondary N) is 1. The molecule has 1 aliphatic heterocycles. The van der Waals surface area contributed by atoms with E-state index in [1.807, 2.05) is 6.92 Å². The summed E-state index contributed by atoms with van der Waals surface area (Å²) < 4.78 is 4.77. The van der Waals surface area contributed by atoms with Crippen molar-refractivity contribution < 1.29 is 9.53 Å². The summed E-state index contributed by atoms with van der Waals surface area (Å²) in [6, 6.07) is 10.7. The van der Waals surface area contributed by atoms with Crippen molar-refractivity contribution in [3.8, 4) is 0 Å². The van der Waals surface area contributed by atoms with Crippen molar-refractivity contribution in [3.63, 3.8) is 0 Å². The fourth-order valence-corrected chi connectivity index (χ4v) is 3.39. The van der Waals surface area contributed by atoms with Crippen LogP contribution in [-0.2, 0) is 9.53 Å². The monoisotopic (exact) mass is 331 g/mol. The lowest BCUT2D eigenvalue weighted by molar-refractivity contribution is -0.144. The summed E-state index contributed by atoms with van der Waals surface area (Å²) in [6.07, 6.45) is 1.11. The lowest BCUT2D eigenvalue weighted by atomic mass is 9.82. The molecule has 1 aliphatic rings. The Balaban J connectivity index is 1.92. The molecule has 1 heterocycles. The lowest BCUT2D eigenvalue weighted by Gasteiger charge is -2.39. The molecule has 0 aromatic heterocycles. The fourth-order valence-electron chi connectivity index (χ4n) is 3.39. The Bertz CT molecular complexity index is 559. The molecule has 3 unspecified atom stereocenters. The molecule has 0 spiro atoms.